The van der Waals surface area contributed by atoms with Crippen LogP contribution in [0.3, 0.4) is 0 Å². The number of aliphatic hydroxyl groups excluding tert-OH is 1. The Morgan fingerprint density at radius 2 is 2.31 bits per heavy atom. The average molecular weight is 225 g/mol. The number of aromatic amines is 1. The number of nitrogens with zero attached hydrogens (tertiary/aromatic N) is 1. The Bertz CT molecular complexity index is 373. The molecule has 0 fully saturated rings. The van der Waals surface area contributed by atoms with E-state index in [4.69, 9.17) is 5.11 Å². The van der Waals surface area contributed by atoms with Gasteiger partial charge in [0, 0.05) is 25.5 Å². The van der Waals surface area contributed by atoms with E-state index in [1.54, 1.807) is 6.20 Å². The van der Waals surface area contributed by atoms with Crippen molar-refractivity contribution in [2.75, 3.05) is 18.5 Å². The fourth-order valence-corrected chi connectivity index (χ4v) is 1.45. The van der Waals surface area contributed by atoms with Crippen LogP contribution in [0.2, 0.25) is 0 Å². The molecule has 1 heterocycles. The van der Waals surface area contributed by atoms with Gasteiger partial charge in [0.15, 0.2) is 5.82 Å². The monoisotopic (exact) mass is 225 g/mol. The minimum atomic E-state index is -0.208. The van der Waals surface area contributed by atoms with Crippen molar-refractivity contribution in [3.8, 4) is 0 Å². The maximum atomic E-state index is 11.3. The van der Waals surface area contributed by atoms with Crippen LogP contribution in [0.25, 0.3) is 0 Å². The van der Waals surface area contributed by atoms with Gasteiger partial charge in [0.1, 0.15) is 0 Å². The molecule has 0 atom stereocenters. The molecule has 0 aliphatic rings. The summed E-state index contributed by atoms with van der Waals surface area (Å²) >= 11 is 0. The van der Waals surface area contributed by atoms with Crippen LogP contribution in [0.4, 0.5) is 5.82 Å². The highest BCUT2D eigenvalue weighted by molar-refractivity contribution is 5.30. The average Bonchev–Trinajstić information content (AvgIpc) is 2.26. The van der Waals surface area contributed by atoms with Gasteiger partial charge >= 0.3 is 0 Å². The molecule has 0 unspecified atom stereocenters. The second-order valence-corrected chi connectivity index (χ2v) is 4.61. The molecule has 0 radical (unpaired) electrons. The molecule has 1 rings (SSSR count). The lowest BCUT2D eigenvalue weighted by molar-refractivity contribution is 0.248. The number of rotatable bonds is 6. The molecule has 0 spiro atoms. The van der Waals surface area contributed by atoms with Crippen LogP contribution in [0, 0.1) is 5.41 Å². The number of aromatic nitrogens is 2. The second kappa shape index (κ2) is 5.65. The Balaban J connectivity index is 2.51. The highest BCUT2D eigenvalue weighted by Gasteiger charge is 2.17. The molecule has 3 N–H and O–H groups in total. The molecular formula is C11H19N3O2. The van der Waals surface area contributed by atoms with Crippen molar-refractivity contribution < 1.29 is 5.11 Å². The molecule has 1 aromatic rings. The molecule has 90 valence electrons. The molecule has 0 aromatic carbocycles. The smallest absolute Gasteiger partial charge is 0.290 e. The lowest BCUT2D eigenvalue weighted by Gasteiger charge is -2.24. The number of anilines is 1. The fraction of sp³-hybridized carbons (Fsp3) is 0.636. The summed E-state index contributed by atoms with van der Waals surface area (Å²) in [4.78, 5) is 17.8. The summed E-state index contributed by atoms with van der Waals surface area (Å²) in [6.07, 6.45) is 4.73. The lowest BCUT2D eigenvalue weighted by Crippen LogP contribution is -2.26. The van der Waals surface area contributed by atoms with E-state index >= 15 is 0 Å². The van der Waals surface area contributed by atoms with E-state index in [0.29, 0.717) is 12.4 Å². The first-order valence-electron chi connectivity index (χ1n) is 5.43. The van der Waals surface area contributed by atoms with Gasteiger partial charge in [-0.1, -0.05) is 13.8 Å². The molecule has 0 saturated heterocycles. The van der Waals surface area contributed by atoms with Crippen molar-refractivity contribution in [3.05, 3.63) is 22.7 Å². The van der Waals surface area contributed by atoms with E-state index in [2.05, 4.69) is 29.1 Å². The lowest BCUT2D eigenvalue weighted by atomic mass is 9.88. The van der Waals surface area contributed by atoms with Crippen molar-refractivity contribution in [1.29, 1.82) is 0 Å². The van der Waals surface area contributed by atoms with Gasteiger partial charge < -0.3 is 15.4 Å². The Labute approximate surface area is 94.9 Å². The van der Waals surface area contributed by atoms with E-state index in [1.165, 1.54) is 6.20 Å². The van der Waals surface area contributed by atoms with Crippen molar-refractivity contribution in [1.82, 2.24) is 9.97 Å². The van der Waals surface area contributed by atoms with E-state index in [0.717, 1.165) is 12.8 Å². The third-order valence-electron chi connectivity index (χ3n) is 2.45. The summed E-state index contributed by atoms with van der Waals surface area (Å²) in [6, 6.07) is 0. The number of hydrogen-bond donors (Lipinski definition) is 3. The summed E-state index contributed by atoms with van der Waals surface area (Å²) in [5, 5.41) is 11.8. The summed E-state index contributed by atoms with van der Waals surface area (Å²) in [6.45, 7) is 5.04. The maximum absolute atomic E-state index is 11.3. The van der Waals surface area contributed by atoms with Crippen LogP contribution in [0.15, 0.2) is 17.2 Å². The molecule has 5 heteroatoms. The van der Waals surface area contributed by atoms with Crippen molar-refractivity contribution in [3.63, 3.8) is 0 Å². The van der Waals surface area contributed by atoms with Crippen LogP contribution in [-0.2, 0) is 0 Å². The summed E-state index contributed by atoms with van der Waals surface area (Å²) in [5.74, 6) is 0.347. The predicted molar refractivity (Wildman–Crippen MR) is 63.4 cm³/mol. The van der Waals surface area contributed by atoms with Gasteiger partial charge in [-0.15, -0.1) is 0 Å². The zero-order valence-electron chi connectivity index (χ0n) is 9.79. The minimum absolute atomic E-state index is 0.0344. The van der Waals surface area contributed by atoms with E-state index in [1.807, 2.05) is 0 Å². The number of aliphatic hydroxyl groups is 1. The van der Waals surface area contributed by atoms with Gasteiger partial charge in [0.05, 0.1) is 0 Å². The second-order valence-electron chi connectivity index (χ2n) is 4.61. The van der Waals surface area contributed by atoms with Crippen LogP contribution < -0.4 is 10.9 Å². The predicted octanol–water partition coefficient (Wildman–Crippen LogP) is 0.980. The molecular weight excluding hydrogens is 206 g/mol. The Morgan fingerprint density at radius 3 is 2.94 bits per heavy atom. The van der Waals surface area contributed by atoms with Crippen molar-refractivity contribution >= 4 is 5.82 Å². The Kier molecular flexibility index (Phi) is 4.49. The minimum Gasteiger partial charge on any atom is -0.396 e. The SMILES string of the molecule is CC(C)(CCCO)CNc1ncc[nH]c1=O. The van der Waals surface area contributed by atoms with E-state index in [9.17, 15) is 4.79 Å². The first kappa shape index (κ1) is 12.7. The van der Waals surface area contributed by atoms with E-state index < -0.39 is 0 Å². The molecule has 16 heavy (non-hydrogen) atoms. The first-order valence-corrected chi connectivity index (χ1v) is 5.43. The van der Waals surface area contributed by atoms with Crippen molar-refractivity contribution in [2.45, 2.75) is 26.7 Å². The number of H-pyrrole nitrogens is 1. The van der Waals surface area contributed by atoms with E-state index in [-0.39, 0.29) is 17.6 Å². The number of nitrogens with one attached hydrogen (secondary N) is 2. The topological polar surface area (TPSA) is 78.0 Å². The highest BCUT2D eigenvalue weighted by Crippen LogP contribution is 2.21. The highest BCUT2D eigenvalue weighted by atomic mass is 16.2. The Hall–Kier alpha value is -1.36. The van der Waals surface area contributed by atoms with Crippen LogP contribution in [0.1, 0.15) is 26.7 Å². The molecule has 5 nitrogen and oxygen atoms in total. The molecule has 0 amide bonds. The molecule has 0 saturated carbocycles. The molecule has 0 bridgehead atoms. The first-order chi connectivity index (χ1) is 7.55. The fourth-order valence-electron chi connectivity index (χ4n) is 1.45. The van der Waals surface area contributed by atoms with Crippen LogP contribution >= 0.6 is 0 Å². The van der Waals surface area contributed by atoms with Crippen molar-refractivity contribution in [2.24, 2.45) is 5.41 Å². The summed E-state index contributed by atoms with van der Waals surface area (Å²) in [7, 11) is 0. The van der Waals surface area contributed by atoms with Crippen LogP contribution in [0.5, 0.6) is 0 Å². The van der Waals surface area contributed by atoms with Gasteiger partial charge in [0.25, 0.3) is 5.56 Å². The van der Waals surface area contributed by atoms with Gasteiger partial charge in [-0.2, -0.15) is 0 Å². The standard InChI is InChI=1S/C11H19N3O2/c1-11(2,4-3-7-15)8-14-9-10(16)13-6-5-12-9/h5-6,15H,3-4,7-8H2,1-2H3,(H,12,14)(H,13,16). The molecule has 0 aliphatic heterocycles. The number of hydrogen-bond acceptors (Lipinski definition) is 4. The summed E-state index contributed by atoms with van der Waals surface area (Å²) < 4.78 is 0. The zero-order valence-corrected chi connectivity index (χ0v) is 9.79. The summed E-state index contributed by atoms with van der Waals surface area (Å²) in [5.41, 5.74) is -0.173. The normalized spacial score (nSPS) is 11.4. The third kappa shape index (κ3) is 4.02. The van der Waals surface area contributed by atoms with Gasteiger partial charge in [-0.25, -0.2) is 4.98 Å². The molecule has 0 aliphatic carbocycles. The van der Waals surface area contributed by atoms with Gasteiger partial charge in [-0.3, -0.25) is 4.79 Å². The maximum Gasteiger partial charge on any atom is 0.290 e. The molecule has 1 aromatic heterocycles. The zero-order chi connectivity index (χ0) is 12.0. The quantitative estimate of drug-likeness (QED) is 0.674. The Morgan fingerprint density at radius 1 is 1.56 bits per heavy atom. The van der Waals surface area contributed by atoms with Gasteiger partial charge in [0.2, 0.25) is 0 Å². The van der Waals surface area contributed by atoms with Gasteiger partial charge in [-0.05, 0) is 18.3 Å². The largest absolute Gasteiger partial charge is 0.396 e. The third-order valence-corrected chi connectivity index (χ3v) is 2.45. The van der Waals surface area contributed by atoms with Crippen LogP contribution in [-0.4, -0.2) is 28.2 Å².